The van der Waals surface area contributed by atoms with E-state index in [0.29, 0.717) is 5.56 Å². The van der Waals surface area contributed by atoms with E-state index in [0.717, 1.165) is 43.0 Å². The van der Waals surface area contributed by atoms with Gasteiger partial charge in [-0.15, -0.1) is 0 Å². The first kappa shape index (κ1) is 15.6. The van der Waals surface area contributed by atoms with E-state index in [-0.39, 0.29) is 11.9 Å². The van der Waals surface area contributed by atoms with E-state index in [1.165, 1.54) is 0 Å². The molecule has 1 N–H and O–H groups in total. The summed E-state index contributed by atoms with van der Waals surface area (Å²) in [6, 6.07) is 7.42. The minimum Gasteiger partial charge on any atom is -0.348 e. The monoisotopic (exact) mass is 336 g/mol. The number of fused-ring (bicyclic) bond motifs is 1. The Balaban J connectivity index is 1.51. The number of nitrogens with zero attached hydrogens (tertiary/aromatic N) is 5. The fourth-order valence-electron chi connectivity index (χ4n) is 3.34. The summed E-state index contributed by atoms with van der Waals surface area (Å²) in [5, 5.41) is 3.13. The van der Waals surface area contributed by atoms with Gasteiger partial charge in [-0.1, -0.05) is 0 Å². The molecule has 4 rings (SSSR count). The quantitative estimate of drug-likeness (QED) is 0.789. The first-order valence-corrected chi connectivity index (χ1v) is 8.45. The summed E-state index contributed by atoms with van der Waals surface area (Å²) in [6.07, 6.45) is 7.03. The van der Waals surface area contributed by atoms with E-state index in [4.69, 9.17) is 4.98 Å². The van der Waals surface area contributed by atoms with Crippen molar-refractivity contribution in [3.05, 3.63) is 48.4 Å². The normalized spacial score (nSPS) is 17.6. The van der Waals surface area contributed by atoms with E-state index < -0.39 is 0 Å². The van der Waals surface area contributed by atoms with Crippen LogP contribution in [0.25, 0.3) is 11.2 Å². The van der Waals surface area contributed by atoms with Gasteiger partial charge in [-0.05, 0) is 37.1 Å². The molecule has 0 aliphatic carbocycles. The van der Waals surface area contributed by atoms with E-state index in [2.05, 4.69) is 20.2 Å². The fraction of sp³-hybridized carbons (Fsp3) is 0.333. The number of rotatable bonds is 3. The number of aromatic nitrogens is 4. The second-order valence-electron chi connectivity index (χ2n) is 6.31. The summed E-state index contributed by atoms with van der Waals surface area (Å²) in [5.74, 6) is 0.845. The van der Waals surface area contributed by atoms with Gasteiger partial charge < -0.3 is 10.2 Å². The van der Waals surface area contributed by atoms with Gasteiger partial charge in [-0.2, -0.15) is 0 Å². The molecule has 7 heteroatoms. The molecule has 1 fully saturated rings. The summed E-state index contributed by atoms with van der Waals surface area (Å²) < 4.78 is 2.02. The molecule has 0 bridgehead atoms. The maximum atomic E-state index is 12.4. The molecule has 1 atom stereocenters. The van der Waals surface area contributed by atoms with Gasteiger partial charge in [0.15, 0.2) is 5.65 Å². The molecule has 1 amide bonds. The standard InChI is InChI=1S/C18H20N6O/c1-23-16-15(5-2-8-20-16)22-18(23)24-11-3-4-14(12-24)21-17(25)13-6-9-19-10-7-13/h2,5-10,14H,3-4,11-12H2,1H3,(H,21,25). The van der Waals surface area contributed by atoms with Crippen molar-refractivity contribution in [2.24, 2.45) is 7.05 Å². The van der Waals surface area contributed by atoms with Crippen LogP contribution in [0.1, 0.15) is 23.2 Å². The fourth-order valence-corrected chi connectivity index (χ4v) is 3.34. The van der Waals surface area contributed by atoms with Crippen LogP contribution < -0.4 is 10.2 Å². The first-order chi connectivity index (χ1) is 12.2. The van der Waals surface area contributed by atoms with Crippen LogP contribution in [0.4, 0.5) is 5.95 Å². The Bertz CT molecular complexity index is 891. The van der Waals surface area contributed by atoms with Crippen LogP contribution in [0, 0.1) is 0 Å². The second kappa shape index (κ2) is 6.51. The molecule has 3 aromatic heterocycles. The molecule has 25 heavy (non-hydrogen) atoms. The maximum absolute atomic E-state index is 12.4. The average molecular weight is 336 g/mol. The molecule has 128 valence electrons. The molecule has 3 aromatic rings. The third-order valence-corrected chi connectivity index (χ3v) is 4.59. The highest BCUT2D eigenvalue weighted by Crippen LogP contribution is 2.22. The van der Waals surface area contributed by atoms with Crippen LogP contribution in [-0.4, -0.2) is 44.6 Å². The van der Waals surface area contributed by atoms with E-state index in [1.807, 2.05) is 23.7 Å². The number of nitrogens with one attached hydrogen (secondary N) is 1. The molecule has 0 spiro atoms. The van der Waals surface area contributed by atoms with Crippen molar-refractivity contribution < 1.29 is 4.79 Å². The number of hydrogen-bond acceptors (Lipinski definition) is 5. The van der Waals surface area contributed by atoms with Crippen molar-refractivity contribution in [1.29, 1.82) is 0 Å². The first-order valence-electron chi connectivity index (χ1n) is 8.45. The van der Waals surface area contributed by atoms with Gasteiger partial charge in [-0.3, -0.25) is 14.3 Å². The highest BCUT2D eigenvalue weighted by molar-refractivity contribution is 5.94. The second-order valence-corrected chi connectivity index (χ2v) is 6.31. The van der Waals surface area contributed by atoms with Gasteiger partial charge in [0.25, 0.3) is 5.91 Å². The number of anilines is 1. The lowest BCUT2D eigenvalue weighted by Gasteiger charge is -2.33. The van der Waals surface area contributed by atoms with Crippen LogP contribution in [-0.2, 0) is 7.05 Å². The predicted octanol–water partition coefficient (Wildman–Crippen LogP) is 1.76. The number of piperidine rings is 1. The van der Waals surface area contributed by atoms with Crippen molar-refractivity contribution in [3.63, 3.8) is 0 Å². The van der Waals surface area contributed by atoms with Crippen molar-refractivity contribution in [1.82, 2.24) is 24.8 Å². The Morgan fingerprint density at radius 2 is 2.08 bits per heavy atom. The summed E-state index contributed by atoms with van der Waals surface area (Å²) in [7, 11) is 1.98. The average Bonchev–Trinajstić information content (AvgIpc) is 3.00. The minimum absolute atomic E-state index is 0.0547. The molecular weight excluding hydrogens is 316 g/mol. The lowest BCUT2D eigenvalue weighted by atomic mass is 10.1. The van der Waals surface area contributed by atoms with Gasteiger partial charge in [0.2, 0.25) is 5.95 Å². The third kappa shape index (κ3) is 3.05. The van der Waals surface area contributed by atoms with E-state index >= 15 is 0 Å². The van der Waals surface area contributed by atoms with E-state index in [1.54, 1.807) is 30.7 Å². The summed E-state index contributed by atoms with van der Waals surface area (Å²) in [4.78, 5) is 27.7. The predicted molar refractivity (Wildman–Crippen MR) is 95.4 cm³/mol. The molecule has 0 radical (unpaired) electrons. The van der Waals surface area contributed by atoms with Gasteiger partial charge in [0, 0.05) is 50.3 Å². The Labute approximate surface area is 145 Å². The molecule has 1 aliphatic rings. The number of carbonyl (C=O) groups is 1. The molecule has 1 unspecified atom stereocenters. The van der Waals surface area contributed by atoms with Gasteiger partial charge in [0.1, 0.15) is 5.52 Å². The highest BCUT2D eigenvalue weighted by Gasteiger charge is 2.25. The van der Waals surface area contributed by atoms with Gasteiger partial charge in [0.05, 0.1) is 0 Å². The number of carbonyl (C=O) groups excluding carboxylic acids is 1. The summed E-state index contributed by atoms with van der Waals surface area (Å²) in [6.45, 7) is 1.67. The maximum Gasteiger partial charge on any atom is 0.251 e. The number of aryl methyl sites for hydroxylation is 1. The number of hydrogen-bond donors (Lipinski definition) is 1. The Kier molecular flexibility index (Phi) is 4.05. The van der Waals surface area contributed by atoms with Crippen molar-refractivity contribution in [2.75, 3.05) is 18.0 Å². The highest BCUT2D eigenvalue weighted by atomic mass is 16.1. The van der Waals surface area contributed by atoms with Gasteiger partial charge in [-0.25, -0.2) is 9.97 Å². The summed E-state index contributed by atoms with van der Waals surface area (Å²) >= 11 is 0. The molecule has 4 heterocycles. The number of imidazole rings is 1. The lowest BCUT2D eigenvalue weighted by Crippen LogP contribution is -2.48. The van der Waals surface area contributed by atoms with Crippen LogP contribution >= 0.6 is 0 Å². The molecule has 1 aliphatic heterocycles. The smallest absolute Gasteiger partial charge is 0.251 e. The number of pyridine rings is 2. The van der Waals surface area contributed by atoms with Crippen molar-refractivity contribution >= 4 is 23.0 Å². The SMILES string of the molecule is Cn1c(N2CCCC(NC(=O)c3ccncc3)C2)nc2cccnc21. The lowest BCUT2D eigenvalue weighted by molar-refractivity contribution is 0.0933. The Morgan fingerprint density at radius 1 is 1.24 bits per heavy atom. The molecular formula is C18H20N6O. The minimum atomic E-state index is -0.0547. The molecule has 0 saturated carbocycles. The molecule has 1 saturated heterocycles. The van der Waals surface area contributed by atoms with Crippen LogP contribution in [0.5, 0.6) is 0 Å². The Morgan fingerprint density at radius 3 is 2.88 bits per heavy atom. The molecule has 0 aromatic carbocycles. The van der Waals surface area contributed by atoms with Crippen LogP contribution in [0.3, 0.4) is 0 Å². The third-order valence-electron chi connectivity index (χ3n) is 4.59. The Hall–Kier alpha value is -2.96. The topological polar surface area (TPSA) is 75.9 Å². The van der Waals surface area contributed by atoms with Crippen LogP contribution in [0.15, 0.2) is 42.9 Å². The zero-order chi connectivity index (χ0) is 17.2. The van der Waals surface area contributed by atoms with Crippen molar-refractivity contribution in [2.45, 2.75) is 18.9 Å². The van der Waals surface area contributed by atoms with E-state index in [9.17, 15) is 4.79 Å². The van der Waals surface area contributed by atoms with Crippen molar-refractivity contribution in [3.8, 4) is 0 Å². The largest absolute Gasteiger partial charge is 0.348 e. The summed E-state index contributed by atoms with van der Waals surface area (Å²) in [5.41, 5.74) is 2.41. The zero-order valence-corrected chi connectivity index (χ0v) is 14.1. The van der Waals surface area contributed by atoms with Crippen LogP contribution in [0.2, 0.25) is 0 Å². The molecule has 7 nitrogen and oxygen atoms in total. The zero-order valence-electron chi connectivity index (χ0n) is 14.1. The van der Waals surface area contributed by atoms with Gasteiger partial charge >= 0.3 is 0 Å². The number of amides is 1.